The molecule has 0 radical (unpaired) electrons. The minimum absolute atomic E-state index is 0.189. The summed E-state index contributed by atoms with van der Waals surface area (Å²) in [5.41, 5.74) is 1.91. The number of hydrogen-bond acceptors (Lipinski definition) is 2. The molecule has 1 aromatic heterocycles. The maximum absolute atomic E-state index is 5.85. The van der Waals surface area contributed by atoms with Crippen molar-refractivity contribution >= 4 is 11.6 Å². The van der Waals surface area contributed by atoms with E-state index in [9.17, 15) is 0 Å². The molecule has 0 fully saturated rings. The molecule has 15 heavy (non-hydrogen) atoms. The lowest BCUT2D eigenvalue weighted by atomic mass is 10.1. The molecular weight excluding hydrogens is 210 g/mol. The van der Waals surface area contributed by atoms with Crippen LogP contribution in [0.1, 0.15) is 32.0 Å². The Morgan fingerprint density at radius 2 is 2.07 bits per heavy atom. The first-order valence-corrected chi connectivity index (χ1v) is 5.76. The predicted octanol–water partition coefficient (Wildman–Crippen LogP) is 3.55. The molecule has 0 saturated carbocycles. The molecule has 1 unspecified atom stereocenters. The van der Waals surface area contributed by atoms with Crippen LogP contribution in [0.25, 0.3) is 0 Å². The molecule has 1 aromatic rings. The van der Waals surface area contributed by atoms with Crippen LogP contribution in [0.15, 0.2) is 12.3 Å². The molecular formula is C12H18ClNO. The lowest BCUT2D eigenvalue weighted by Gasteiger charge is -2.19. The van der Waals surface area contributed by atoms with Crippen LogP contribution in [-0.2, 0) is 5.88 Å². The number of pyridine rings is 1. The molecule has 0 aliphatic carbocycles. The first-order chi connectivity index (χ1) is 7.04. The highest BCUT2D eigenvalue weighted by Gasteiger charge is 2.11. The molecule has 1 heterocycles. The molecule has 0 N–H and O–H groups in total. The number of rotatable bonds is 4. The standard InChI is InChI=1S/C12H18ClNO/c1-8(2)10(4)15-12-5-9(3)14-7-11(12)6-13/h5,7-8,10H,6H2,1-4H3. The zero-order valence-corrected chi connectivity index (χ0v) is 10.5. The van der Waals surface area contributed by atoms with Gasteiger partial charge in [-0.05, 0) is 19.8 Å². The molecule has 3 heteroatoms. The number of nitrogens with zero attached hydrogens (tertiary/aromatic N) is 1. The van der Waals surface area contributed by atoms with E-state index in [4.69, 9.17) is 16.3 Å². The number of alkyl halides is 1. The zero-order valence-electron chi connectivity index (χ0n) is 9.75. The minimum atomic E-state index is 0.189. The third kappa shape index (κ3) is 3.38. The van der Waals surface area contributed by atoms with E-state index in [1.54, 1.807) is 6.20 Å². The number of hydrogen-bond donors (Lipinski definition) is 0. The second kappa shape index (κ2) is 5.36. The molecule has 0 aliphatic rings. The van der Waals surface area contributed by atoms with Crippen LogP contribution < -0.4 is 4.74 Å². The summed E-state index contributed by atoms with van der Waals surface area (Å²) in [6.07, 6.45) is 1.97. The van der Waals surface area contributed by atoms with Crippen molar-refractivity contribution in [1.82, 2.24) is 4.98 Å². The van der Waals surface area contributed by atoms with Gasteiger partial charge in [0, 0.05) is 23.5 Å². The van der Waals surface area contributed by atoms with Crippen LogP contribution in [0, 0.1) is 12.8 Å². The normalized spacial score (nSPS) is 12.9. The van der Waals surface area contributed by atoms with Gasteiger partial charge in [0.2, 0.25) is 0 Å². The van der Waals surface area contributed by atoms with Crippen molar-refractivity contribution in [1.29, 1.82) is 0 Å². The lowest BCUT2D eigenvalue weighted by molar-refractivity contribution is 0.169. The van der Waals surface area contributed by atoms with Crippen molar-refractivity contribution in [3.63, 3.8) is 0 Å². The van der Waals surface area contributed by atoms with Gasteiger partial charge >= 0.3 is 0 Å². The summed E-state index contributed by atoms with van der Waals surface area (Å²) < 4.78 is 5.85. The Bertz CT molecular complexity index is 325. The molecule has 1 rings (SSSR count). The van der Waals surface area contributed by atoms with Crippen molar-refractivity contribution in [2.45, 2.75) is 39.7 Å². The van der Waals surface area contributed by atoms with Gasteiger partial charge in [-0.15, -0.1) is 11.6 Å². The fourth-order valence-electron chi connectivity index (χ4n) is 1.11. The molecule has 0 spiro atoms. The highest BCUT2D eigenvalue weighted by Crippen LogP contribution is 2.23. The fraction of sp³-hybridized carbons (Fsp3) is 0.583. The van der Waals surface area contributed by atoms with Gasteiger partial charge in [0.05, 0.1) is 12.0 Å². The topological polar surface area (TPSA) is 22.1 Å². The maximum Gasteiger partial charge on any atom is 0.127 e. The van der Waals surface area contributed by atoms with E-state index in [1.165, 1.54) is 0 Å². The van der Waals surface area contributed by atoms with Crippen LogP contribution >= 0.6 is 11.6 Å². The molecule has 1 atom stereocenters. The molecule has 0 saturated heterocycles. The highest BCUT2D eigenvalue weighted by molar-refractivity contribution is 6.17. The first-order valence-electron chi connectivity index (χ1n) is 5.22. The Morgan fingerprint density at radius 1 is 1.40 bits per heavy atom. The summed E-state index contributed by atoms with van der Waals surface area (Å²) in [4.78, 5) is 4.20. The van der Waals surface area contributed by atoms with Crippen molar-refractivity contribution in [3.8, 4) is 5.75 Å². The Hall–Kier alpha value is -0.760. The summed E-state index contributed by atoms with van der Waals surface area (Å²) in [6, 6.07) is 1.94. The molecule has 2 nitrogen and oxygen atoms in total. The van der Waals surface area contributed by atoms with E-state index in [1.807, 2.05) is 13.0 Å². The largest absolute Gasteiger partial charge is 0.490 e. The van der Waals surface area contributed by atoms with Gasteiger partial charge in [0.15, 0.2) is 0 Å². The second-order valence-corrected chi connectivity index (χ2v) is 4.40. The predicted molar refractivity (Wildman–Crippen MR) is 63.5 cm³/mol. The van der Waals surface area contributed by atoms with Gasteiger partial charge in [-0.3, -0.25) is 4.98 Å². The van der Waals surface area contributed by atoms with Crippen LogP contribution in [0.4, 0.5) is 0 Å². The summed E-state index contributed by atoms with van der Waals surface area (Å²) in [5.74, 6) is 1.79. The summed E-state index contributed by atoms with van der Waals surface area (Å²) in [6.45, 7) is 8.29. The minimum Gasteiger partial charge on any atom is -0.490 e. The summed E-state index contributed by atoms with van der Waals surface area (Å²) in [7, 11) is 0. The Balaban J connectivity index is 2.87. The Labute approximate surface area is 96.6 Å². The maximum atomic E-state index is 5.85. The van der Waals surface area contributed by atoms with Crippen molar-refractivity contribution < 1.29 is 4.74 Å². The van der Waals surface area contributed by atoms with Crippen LogP contribution in [0.5, 0.6) is 5.75 Å². The number of ether oxygens (including phenoxy) is 1. The van der Waals surface area contributed by atoms with E-state index in [0.29, 0.717) is 11.8 Å². The van der Waals surface area contributed by atoms with Gasteiger partial charge in [-0.2, -0.15) is 0 Å². The van der Waals surface area contributed by atoms with E-state index < -0.39 is 0 Å². The third-order valence-electron chi connectivity index (χ3n) is 2.48. The van der Waals surface area contributed by atoms with Crippen LogP contribution in [-0.4, -0.2) is 11.1 Å². The first kappa shape index (κ1) is 12.3. The smallest absolute Gasteiger partial charge is 0.127 e. The van der Waals surface area contributed by atoms with Crippen LogP contribution in [0.3, 0.4) is 0 Å². The quantitative estimate of drug-likeness (QED) is 0.734. The van der Waals surface area contributed by atoms with Gasteiger partial charge in [-0.1, -0.05) is 13.8 Å². The number of aromatic nitrogens is 1. The highest BCUT2D eigenvalue weighted by atomic mass is 35.5. The lowest BCUT2D eigenvalue weighted by Crippen LogP contribution is -2.19. The third-order valence-corrected chi connectivity index (χ3v) is 2.76. The average molecular weight is 228 g/mol. The number of halogens is 1. The fourth-order valence-corrected chi connectivity index (χ4v) is 1.31. The second-order valence-electron chi connectivity index (χ2n) is 4.13. The van der Waals surface area contributed by atoms with Crippen LogP contribution in [0.2, 0.25) is 0 Å². The molecule has 84 valence electrons. The van der Waals surface area contributed by atoms with Gasteiger partial charge in [0.1, 0.15) is 5.75 Å². The summed E-state index contributed by atoms with van der Waals surface area (Å²) in [5, 5.41) is 0. The van der Waals surface area contributed by atoms with Crippen molar-refractivity contribution in [3.05, 3.63) is 23.5 Å². The monoisotopic (exact) mass is 227 g/mol. The molecule has 0 aromatic carbocycles. The summed E-state index contributed by atoms with van der Waals surface area (Å²) >= 11 is 5.83. The van der Waals surface area contributed by atoms with Gasteiger partial charge in [-0.25, -0.2) is 0 Å². The van der Waals surface area contributed by atoms with Crippen molar-refractivity contribution in [2.75, 3.05) is 0 Å². The Kier molecular flexibility index (Phi) is 4.40. The van der Waals surface area contributed by atoms with Crippen molar-refractivity contribution in [2.24, 2.45) is 5.92 Å². The van der Waals surface area contributed by atoms with E-state index in [2.05, 4.69) is 25.8 Å². The number of aryl methyl sites for hydroxylation is 1. The molecule has 0 aliphatic heterocycles. The van der Waals surface area contributed by atoms with E-state index in [-0.39, 0.29) is 6.10 Å². The molecule has 0 bridgehead atoms. The average Bonchev–Trinajstić information content (AvgIpc) is 2.18. The molecule has 0 amide bonds. The van der Waals surface area contributed by atoms with E-state index >= 15 is 0 Å². The Morgan fingerprint density at radius 3 is 2.60 bits per heavy atom. The van der Waals surface area contributed by atoms with Gasteiger partial charge in [0.25, 0.3) is 0 Å². The zero-order chi connectivity index (χ0) is 11.4. The SMILES string of the molecule is Cc1cc(OC(C)C(C)C)c(CCl)cn1. The van der Waals surface area contributed by atoms with Gasteiger partial charge < -0.3 is 4.74 Å². The van der Waals surface area contributed by atoms with E-state index in [0.717, 1.165) is 17.0 Å².